The van der Waals surface area contributed by atoms with E-state index in [0.717, 1.165) is 18.9 Å². The van der Waals surface area contributed by atoms with Gasteiger partial charge in [0.1, 0.15) is 11.5 Å². The average Bonchev–Trinajstić information content (AvgIpc) is 2.36. The lowest BCUT2D eigenvalue weighted by Crippen LogP contribution is -2.28. The van der Waals surface area contributed by atoms with Crippen LogP contribution in [0.2, 0.25) is 0 Å². The van der Waals surface area contributed by atoms with E-state index in [1.165, 1.54) is 6.07 Å². The van der Waals surface area contributed by atoms with Gasteiger partial charge in [-0.25, -0.2) is 4.39 Å². The SMILES string of the molecule is Cc1cc(NC2CCC(O)CC2)c([N+](=O)[O-])cc1F. The van der Waals surface area contributed by atoms with Crippen molar-refractivity contribution in [3.8, 4) is 0 Å². The minimum absolute atomic E-state index is 0.0898. The molecule has 0 aliphatic heterocycles. The fourth-order valence-corrected chi connectivity index (χ4v) is 2.38. The number of anilines is 1. The Kier molecular flexibility index (Phi) is 3.99. The number of aliphatic hydroxyl groups excluding tert-OH is 1. The van der Waals surface area contributed by atoms with E-state index < -0.39 is 10.7 Å². The molecule has 0 amide bonds. The fourth-order valence-electron chi connectivity index (χ4n) is 2.38. The summed E-state index contributed by atoms with van der Waals surface area (Å²) in [5, 5.41) is 23.5. The van der Waals surface area contributed by atoms with Crippen molar-refractivity contribution in [2.75, 3.05) is 5.32 Å². The Bertz CT molecular complexity index is 485. The second-order valence-corrected chi connectivity index (χ2v) is 5.03. The molecule has 1 fully saturated rings. The number of aliphatic hydroxyl groups is 1. The van der Waals surface area contributed by atoms with E-state index >= 15 is 0 Å². The second-order valence-electron chi connectivity index (χ2n) is 5.03. The molecule has 6 heteroatoms. The molecular weight excluding hydrogens is 251 g/mol. The van der Waals surface area contributed by atoms with Gasteiger partial charge >= 0.3 is 0 Å². The molecule has 1 aliphatic rings. The standard InChI is InChI=1S/C13H17FN2O3/c1-8-6-12(13(16(18)19)7-11(8)14)15-9-2-4-10(17)5-3-9/h6-7,9-10,15,17H,2-5H2,1H3. The van der Waals surface area contributed by atoms with Crippen LogP contribution in [0.4, 0.5) is 15.8 Å². The Hall–Kier alpha value is -1.69. The van der Waals surface area contributed by atoms with Crippen LogP contribution in [0.25, 0.3) is 0 Å². The minimum Gasteiger partial charge on any atom is -0.393 e. The van der Waals surface area contributed by atoms with Crippen molar-refractivity contribution in [2.45, 2.75) is 44.8 Å². The first kappa shape index (κ1) is 13.7. The number of hydrogen-bond donors (Lipinski definition) is 2. The van der Waals surface area contributed by atoms with Gasteiger partial charge in [0.25, 0.3) is 5.69 Å². The molecular formula is C13H17FN2O3. The number of rotatable bonds is 3. The zero-order valence-corrected chi connectivity index (χ0v) is 10.7. The van der Waals surface area contributed by atoms with E-state index in [-0.39, 0.29) is 17.8 Å². The summed E-state index contributed by atoms with van der Waals surface area (Å²) in [6.07, 6.45) is 2.61. The summed E-state index contributed by atoms with van der Waals surface area (Å²) in [5.41, 5.74) is 0.489. The minimum atomic E-state index is -0.581. The number of nitrogens with one attached hydrogen (secondary N) is 1. The molecule has 0 heterocycles. The van der Waals surface area contributed by atoms with Crippen molar-refractivity contribution in [3.05, 3.63) is 33.6 Å². The first-order valence-electron chi connectivity index (χ1n) is 6.36. The molecule has 2 N–H and O–H groups in total. The lowest BCUT2D eigenvalue weighted by Gasteiger charge is -2.27. The van der Waals surface area contributed by atoms with Crippen LogP contribution < -0.4 is 5.32 Å². The third-order valence-corrected chi connectivity index (χ3v) is 3.53. The molecule has 19 heavy (non-hydrogen) atoms. The lowest BCUT2D eigenvalue weighted by atomic mass is 9.93. The Morgan fingerprint density at radius 2 is 2.00 bits per heavy atom. The topological polar surface area (TPSA) is 75.4 Å². The Morgan fingerprint density at radius 1 is 1.37 bits per heavy atom. The van der Waals surface area contributed by atoms with Gasteiger partial charge in [-0.15, -0.1) is 0 Å². The molecule has 1 saturated carbocycles. The van der Waals surface area contributed by atoms with Crippen LogP contribution in [-0.4, -0.2) is 22.2 Å². The van der Waals surface area contributed by atoms with Crippen LogP contribution in [0.3, 0.4) is 0 Å². The smallest absolute Gasteiger partial charge is 0.295 e. The third kappa shape index (κ3) is 3.20. The van der Waals surface area contributed by atoms with Gasteiger partial charge in [-0.05, 0) is 44.2 Å². The highest BCUT2D eigenvalue weighted by molar-refractivity contribution is 5.63. The van der Waals surface area contributed by atoms with E-state index in [4.69, 9.17) is 0 Å². The molecule has 0 aromatic heterocycles. The molecule has 0 unspecified atom stereocenters. The third-order valence-electron chi connectivity index (χ3n) is 3.53. The Labute approximate surface area is 110 Å². The molecule has 0 radical (unpaired) electrons. The van der Waals surface area contributed by atoms with Crippen molar-refractivity contribution in [3.63, 3.8) is 0 Å². The number of nitrogens with zero attached hydrogens (tertiary/aromatic N) is 1. The molecule has 1 aromatic rings. The molecule has 0 spiro atoms. The Morgan fingerprint density at radius 3 is 2.58 bits per heavy atom. The van der Waals surface area contributed by atoms with Gasteiger partial charge in [0.2, 0.25) is 0 Å². The predicted octanol–water partition coefficient (Wildman–Crippen LogP) is 2.76. The summed E-state index contributed by atoms with van der Waals surface area (Å²) < 4.78 is 13.4. The summed E-state index contributed by atoms with van der Waals surface area (Å²) in [4.78, 5) is 10.4. The van der Waals surface area contributed by atoms with Crippen molar-refractivity contribution in [2.24, 2.45) is 0 Å². The molecule has 1 aliphatic carbocycles. The van der Waals surface area contributed by atoms with E-state index in [0.29, 0.717) is 24.1 Å². The second kappa shape index (κ2) is 5.52. The van der Waals surface area contributed by atoms with Gasteiger partial charge in [-0.2, -0.15) is 0 Å². The van der Waals surface area contributed by atoms with Gasteiger partial charge in [0.15, 0.2) is 0 Å². The quantitative estimate of drug-likeness (QED) is 0.653. The summed E-state index contributed by atoms with van der Waals surface area (Å²) in [6.45, 7) is 1.58. The summed E-state index contributed by atoms with van der Waals surface area (Å²) >= 11 is 0. The van der Waals surface area contributed by atoms with Crippen molar-refractivity contribution < 1.29 is 14.4 Å². The van der Waals surface area contributed by atoms with Crippen LogP contribution in [0, 0.1) is 22.9 Å². The number of benzene rings is 1. The highest BCUT2D eigenvalue weighted by Gasteiger charge is 2.23. The van der Waals surface area contributed by atoms with Crippen LogP contribution >= 0.6 is 0 Å². The van der Waals surface area contributed by atoms with Crippen LogP contribution in [0.5, 0.6) is 0 Å². The number of halogens is 1. The predicted molar refractivity (Wildman–Crippen MR) is 69.7 cm³/mol. The molecule has 0 atom stereocenters. The lowest BCUT2D eigenvalue weighted by molar-refractivity contribution is -0.384. The normalized spacial score (nSPS) is 23.1. The summed E-state index contributed by atoms with van der Waals surface area (Å²) in [7, 11) is 0. The average molecular weight is 268 g/mol. The van der Waals surface area contributed by atoms with E-state index in [2.05, 4.69) is 5.32 Å². The zero-order valence-electron chi connectivity index (χ0n) is 10.7. The van der Waals surface area contributed by atoms with Crippen molar-refractivity contribution >= 4 is 11.4 Å². The van der Waals surface area contributed by atoms with Gasteiger partial charge in [0.05, 0.1) is 17.1 Å². The maximum atomic E-state index is 13.4. The molecule has 5 nitrogen and oxygen atoms in total. The first-order valence-corrected chi connectivity index (χ1v) is 6.36. The van der Waals surface area contributed by atoms with Gasteiger partial charge < -0.3 is 10.4 Å². The number of hydrogen-bond acceptors (Lipinski definition) is 4. The summed E-state index contributed by atoms with van der Waals surface area (Å²) in [6, 6.07) is 2.51. The molecule has 0 saturated heterocycles. The van der Waals surface area contributed by atoms with E-state index in [9.17, 15) is 19.6 Å². The van der Waals surface area contributed by atoms with Crippen molar-refractivity contribution in [1.29, 1.82) is 0 Å². The maximum absolute atomic E-state index is 13.4. The number of aryl methyl sites for hydroxylation is 1. The zero-order chi connectivity index (χ0) is 14.0. The van der Waals surface area contributed by atoms with Gasteiger partial charge in [-0.3, -0.25) is 10.1 Å². The van der Waals surface area contributed by atoms with Crippen molar-refractivity contribution in [1.82, 2.24) is 0 Å². The largest absolute Gasteiger partial charge is 0.393 e. The summed E-state index contributed by atoms with van der Waals surface area (Å²) in [5.74, 6) is -0.573. The van der Waals surface area contributed by atoms with Gasteiger partial charge in [-0.1, -0.05) is 0 Å². The van der Waals surface area contributed by atoms with E-state index in [1.807, 2.05) is 0 Å². The molecule has 104 valence electrons. The van der Waals surface area contributed by atoms with Crippen LogP contribution in [-0.2, 0) is 0 Å². The number of nitro groups is 1. The molecule has 1 aromatic carbocycles. The van der Waals surface area contributed by atoms with Gasteiger partial charge in [0, 0.05) is 6.04 Å². The fraction of sp³-hybridized carbons (Fsp3) is 0.538. The van der Waals surface area contributed by atoms with Crippen LogP contribution in [0.1, 0.15) is 31.2 Å². The number of nitro benzene ring substituents is 1. The highest BCUT2D eigenvalue weighted by Crippen LogP contribution is 2.30. The van der Waals surface area contributed by atoms with E-state index in [1.54, 1.807) is 6.92 Å². The Balaban J connectivity index is 2.19. The highest BCUT2D eigenvalue weighted by atomic mass is 19.1. The maximum Gasteiger partial charge on any atom is 0.295 e. The molecule has 2 rings (SSSR count). The first-order chi connectivity index (χ1) is 8.97. The monoisotopic (exact) mass is 268 g/mol. The molecule has 0 bridgehead atoms. The van der Waals surface area contributed by atoms with Crippen LogP contribution in [0.15, 0.2) is 12.1 Å².